The van der Waals surface area contributed by atoms with Crippen LogP contribution in [0.3, 0.4) is 0 Å². The van der Waals surface area contributed by atoms with Crippen LogP contribution in [0.1, 0.15) is 33.5 Å². The summed E-state index contributed by atoms with van der Waals surface area (Å²) in [6.45, 7) is 0. The SMILES string of the molecule is O=C(O)CSC1Oc2c(C=Cc3ccc4cc(F)c(F)cc4n3)cccc2Cc2cccnc21. The lowest BCUT2D eigenvalue weighted by atomic mass is 10.0. The second-order valence-corrected chi connectivity index (χ2v) is 8.79. The first-order chi connectivity index (χ1) is 16.5. The monoisotopic (exact) mass is 476 g/mol. The first-order valence-corrected chi connectivity index (χ1v) is 11.5. The van der Waals surface area contributed by atoms with E-state index >= 15 is 0 Å². The molecule has 0 aliphatic carbocycles. The summed E-state index contributed by atoms with van der Waals surface area (Å²) in [5.41, 5.74) is 3.81. The van der Waals surface area contributed by atoms with Gasteiger partial charge in [0.15, 0.2) is 17.1 Å². The Balaban J connectivity index is 1.50. The number of hydrogen-bond donors (Lipinski definition) is 1. The minimum atomic E-state index is -0.944. The van der Waals surface area contributed by atoms with E-state index in [1.165, 1.54) is 11.8 Å². The van der Waals surface area contributed by atoms with E-state index in [9.17, 15) is 18.7 Å². The van der Waals surface area contributed by atoms with Crippen molar-refractivity contribution in [3.63, 3.8) is 0 Å². The van der Waals surface area contributed by atoms with Gasteiger partial charge >= 0.3 is 5.97 Å². The molecule has 1 aliphatic rings. The summed E-state index contributed by atoms with van der Waals surface area (Å²) in [5.74, 6) is -2.25. The largest absolute Gasteiger partial charge is 0.481 e. The highest BCUT2D eigenvalue weighted by atomic mass is 32.2. The van der Waals surface area contributed by atoms with Gasteiger partial charge in [-0.3, -0.25) is 9.78 Å². The van der Waals surface area contributed by atoms with E-state index in [2.05, 4.69) is 9.97 Å². The van der Waals surface area contributed by atoms with Crippen molar-refractivity contribution in [2.24, 2.45) is 0 Å². The number of hydrogen-bond acceptors (Lipinski definition) is 5. The average Bonchev–Trinajstić information content (AvgIpc) is 2.99. The van der Waals surface area contributed by atoms with Gasteiger partial charge in [-0.25, -0.2) is 13.8 Å². The molecule has 2 aromatic heterocycles. The summed E-state index contributed by atoms with van der Waals surface area (Å²) in [5, 5.41) is 9.68. The fraction of sp³-hybridized carbons (Fsp3) is 0.115. The van der Waals surface area contributed by atoms with Crippen LogP contribution >= 0.6 is 11.8 Å². The lowest BCUT2D eigenvalue weighted by Crippen LogP contribution is -2.10. The zero-order valence-corrected chi connectivity index (χ0v) is 18.6. The molecule has 5 rings (SSSR count). The van der Waals surface area contributed by atoms with Gasteiger partial charge in [0.1, 0.15) is 5.75 Å². The van der Waals surface area contributed by atoms with E-state index in [0.29, 0.717) is 34.5 Å². The molecule has 0 saturated heterocycles. The maximum atomic E-state index is 13.6. The van der Waals surface area contributed by atoms with Crippen molar-refractivity contribution in [1.82, 2.24) is 9.97 Å². The third-order valence-electron chi connectivity index (χ3n) is 5.43. The van der Waals surface area contributed by atoms with Crippen LogP contribution in [-0.4, -0.2) is 26.8 Å². The first-order valence-electron chi connectivity index (χ1n) is 10.5. The van der Waals surface area contributed by atoms with E-state index in [1.54, 1.807) is 24.4 Å². The molecule has 170 valence electrons. The van der Waals surface area contributed by atoms with Crippen LogP contribution in [0.15, 0.2) is 60.8 Å². The van der Waals surface area contributed by atoms with Crippen molar-refractivity contribution in [1.29, 1.82) is 0 Å². The second-order valence-electron chi connectivity index (χ2n) is 7.74. The summed E-state index contributed by atoms with van der Waals surface area (Å²) in [6, 6.07) is 15.2. The van der Waals surface area contributed by atoms with E-state index < -0.39 is 23.0 Å². The minimum absolute atomic E-state index is 0.119. The lowest BCUT2D eigenvalue weighted by molar-refractivity contribution is -0.133. The fourth-order valence-corrected chi connectivity index (χ4v) is 4.69. The molecule has 0 amide bonds. The number of ether oxygens (including phenoxy) is 1. The van der Waals surface area contributed by atoms with Gasteiger partial charge in [-0.15, -0.1) is 0 Å². The average molecular weight is 477 g/mol. The van der Waals surface area contributed by atoms with Crippen LogP contribution in [0, 0.1) is 11.6 Å². The quantitative estimate of drug-likeness (QED) is 0.388. The Morgan fingerprint density at radius 3 is 2.76 bits per heavy atom. The maximum absolute atomic E-state index is 13.6. The third-order valence-corrected chi connectivity index (χ3v) is 6.46. The Bertz CT molecular complexity index is 1440. The number of carbonyl (C=O) groups is 1. The Labute approximate surface area is 198 Å². The summed E-state index contributed by atoms with van der Waals surface area (Å²) in [4.78, 5) is 20.1. The zero-order valence-electron chi connectivity index (χ0n) is 17.7. The lowest BCUT2D eigenvalue weighted by Gasteiger charge is -2.18. The Morgan fingerprint density at radius 1 is 1.09 bits per heavy atom. The summed E-state index contributed by atoms with van der Waals surface area (Å²) in [6.07, 6.45) is 5.89. The van der Waals surface area contributed by atoms with E-state index in [-0.39, 0.29) is 5.75 Å². The summed E-state index contributed by atoms with van der Waals surface area (Å²) >= 11 is 1.17. The molecule has 1 unspecified atom stereocenters. The van der Waals surface area contributed by atoms with Crippen LogP contribution in [-0.2, 0) is 11.2 Å². The number of aliphatic carboxylic acids is 1. The van der Waals surface area contributed by atoms with E-state index in [1.807, 2.05) is 36.4 Å². The van der Waals surface area contributed by atoms with Crippen molar-refractivity contribution in [3.05, 3.63) is 101 Å². The number of nitrogens with zero attached hydrogens (tertiary/aromatic N) is 2. The molecule has 1 N–H and O–H groups in total. The molecule has 5 nitrogen and oxygen atoms in total. The highest BCUT2D eigenvalue weighted by Crippen LogP contribution is 2.41. The number of carboxylic acids is 1. The molecule has 0 saturated carbocycles. The Morgan fingerprint density at radius 2 is 1.91 bits per heavy atom. The molecule has 0 spiro atoms. The van der Waals surface area contributed by atoms with Gasteiger partial charge in [-0.2, -0.15) is 0 Å². The molecule has 34 heavy (non-hydrogen) atoms. The van der Waals surface area contributed by atoms with Gasteiger partial charge in [0, 0.05) is 29.6 Å². The maximum Gasteiger partial charge on any atom is 0.313 e. The number of thioether (sulfide) groups is 1. The number of benzene rings is 2. The van der Waals surface area contributed by atoms with Crippen molar-refractivity contribution in [2.45, 2.75) is 11.9 Å². The molecular formula is C26H18F2N2O3S. The van der Waals surface area contributed by atoms with Crippen LogP contribution in [0.5, 0.6) is 5.75 Å². The molecule has 0 bridgehead atoms. The topological polar surface area (TPSA) is 72.3 Å². The summed E-state index contributed by atoms with van der Waals surface area (Å²) < 4.78 is 33.4. The molecule has 3 heterocycles. The molecule has 4 aromatic rings. The molecule has 1 aliphatic heterocycles. The smallest absolute Gasteiger partial charge is 0.313 e. The number of para-hydroxylation sites is 1. The van der Waals surface area contributed by atoms with E-state index in [4.69, 9.17) is 4.74 Å². The third kappa shape index (κ3) is 4.49. The van der Waals surface area contributed by atoms with Crippen molar-refractivity contribution >= 4 is 40.8 Å². The number of halogens is 2. The number of aromatic nitrogens is 2. The number of rotatable bonds is 5. The van der Waals surface area contributed by atoms with Crippen LogP contribution in [0.4, 0.5) is 8.78 Å². The number of fused-ring (bicyclic) bond motifs is 3. The van der Waals surface area contributed by atoms with Gasteiger partial charge in [0.25, 0.3) is 0 Å². The van der Waals surface area contributed by atoms with E-state index in [0.717, 1.165) is 28.8 Å². The molecule has 1 atom stereocenters. The van der Waals surface area contributed by atoms with Gasteiger partial charge in [0.2, 0.25) is 0 Å². The predicted molar refractivity (Wildman–Crippen MR) is 128 cm³/mol. The van der Waals surface area contributed by atoms with Crippen LogP contribution in [0.25, 0.3) is 23.1 Å². The normalized spacial score (nSPS) is 14.9. The van der Waals surface area contributed by atoms with Crippen molar-refractivity contribution in [2.75, 3.05) is 5.75 Å². The number of pyridine rings is 2. The molecule has 0 radical (unpaired) electrons. The zero-order chi connectivity index (χ0) is 23.7. The Kier molecular flexibility index (Phi) is 5.98. The highest BCUT2D eigenvalue weighted by molar-refractivity contribution is 8.00. The predicted octanol–water partition coefficient (Wildman–Crippen LogP) is 5.88. The van der Waals surface area contributed by atoms with Crippen LogP contribution in [0.2, 0.25) is 0 Å². The van der Waals surface area contributed by atoms with Crippen LogP contribution < -0.4 is 4.74 Å². The van der Waals surface area contributed by atoms with Gasteiger partial charge in [-0.1, -0.05) is 42.1 Å². The van der Waals surface area contributed by atoms with Gasteiger partial charge < -0.3 is 9.84 Å². The molecule has 2 aromatic carbocycles. The van der Waals surface area contributed by atoms with Crippen molar-refractivity contribution in [3.8, 4) is 5.75 Å². The number of carboxylic acid groups (broad SMARTS) is 1. The molecule has 8 heteroatoms. The highest BCUT2D eigenvalue weighted by Gasteiger charge is 2.26. The molecule has 0 fully saturated rings. The standard InChI is InChI=1S/C26H18F2N2O3S/c27-20-12-16-7-9-19(30-22(16)13-21(20)28)8-6-15-3-1-4-18-11-17-5-2-10-29-24(17)26(33-25(15)18)34-14-23(31)32/h1-10,12-13,26H,11,14H2,(H,31,32). The van der Waals surface area contributed by atoms with Gasteiger partial charge in [-0.05, 0) is 41.5 Å². The first kappa shape index (κ1) is 22.0. The van der Waals surface area contributed by atoms with Gasteiger partial charge in [0.05, 0.1) is 22.7 Å². The fourth-order valence-electron chi connectivity index (χ4n) is 3.86. The second kappa shape index (κ2) is 9.23. The minimum Gasteiger partial charge on any atom is -0.481 e. The van der Waals surface area contributed by atoms with Crippen molar-refractivity contribution < 1.29 is 23.4 Å². The molecular weight excluding hydrogens is 458 g/mol. The summed E-state index contributed by atoms with van der Waals surface area (Å²) in [7, 11) is 0. The Hall–Kier alpha value is -3.78.